The second-order valence-electron chi connectivity index (χ2n) is 6.50. The first kappa shape index (κ1) is 19.3. The maximum Gasteiger partial charge on any atom is 0.159 e. The number of rotatable bonds is 4. The van der Waals surface area contributed by atoms with Gasteiger partial charge < -0.3 is 4.74 Å². The highest BCUT2D eigenvalue weighted by atomic mass is 19.2. The summed E-state index contributed by atoms with van der Waals surface area (Å²) < 4.78 is 32.2. The minimum absolute atomic E-state index is 0.402. The van der Waals surface area contributed by atoms with Crippen molar-refractivity contribution in [3.8, 4) is 29.0 Å². The summed E-state index contributed by atoms with van der Waals surface area (Å²) in [6, 6.07) is 15.1. The van der Waals surface area contributed by atoms with Crippen molar-refractivity contribution in [1.29, 1.82) is 0 Å². The van der Waals surface area contributed by atoms with E-state index in [9.17, 15) is 8.78 Å². The predicted octanol–water partition coefficient (Wildman–Crippen LogP) is 5.54. The number of fused-ring (bicyclic) bond motifs is 1. The lowest BCUT2D eigenvalue weighted by atomic mass is 10.1. The molecule has 5 heteroatoms. The van der Waals surface area contributed by atoms with E-state index in [1.165, 1.54) is 12.1 Å². The normalized spacial score (nSPS) is 10.3. The van der Waals surface area contributed by atoms with Gasteiger partial charge in [-0.3, -0.25) is 0 Å². The van der Waals surface area contributed by atoms with E-state index in [4.69, 9.17) is 4.74 Å². The lowest BCUT2D eigenvalue weighted by Crippen LogP contribution is -1.95. The fourth-order valence-electron chi connectivity index (χ4n) is 2.86. The van der Waals surface area contributed by atoms with E-state index < -0.39 is 11.6 Å². The number of hydrogen-bond acceptors (Lipinski definition) is 3. The van der Waals surface area contributed by atoms with Crippen LogP contribution in [0.15, 0.2) is 79.6 Å². The predicted molar refractivity (Wildman–Crippen MR) is 113 cm³/mol. The summed E-state index contributed by atoms with van der Waals surface area (Å²) in [6.07, 6.45) is 4.89. The summed E-state index contributed by atoms with van der Waals surface area (Å²) in [7, 11) is 0. The van der Waals surface area contributed by atoms with Gasteiger partial charge in [0.05, 0.1) is 12.4 Å². The SMILES string of the molecule is C=CCOc1cnc(-c2ccc(C#Cc3ccc4cc(F)c(F)cc4c3)cc2)nc1. The van der Waals surface area contributed by atoms with Gasteiger partial charge >= 0.3 is 0 Å². The fraction of sp³-hybridized carbons (Fsp3) is 0.0400. The Kier molecular flexibility index (Phi) is 5.49. The van der Waals surface area contributed by atoms with Crippen molar-refractivity contribution in [3.05, 3.63) is 102 Å². The zero-order chi connectivity index (χ0) is 20.9. The number of halogens is 2. The lowest BCUT2D eigenvalue weighted by Gasteiger charge is -2.04. The quantitative estimate of drug-likeness (QED) is 0.334. The molecule has 4 aromatic rings. The van der Waals surface area contributed by atoms with E-state index in [2.05, 4.69) is 28.4 Å². The average molecular weight is 398 g/mol. The van der Waals surface area contributed by atoms with Crippen molar-refractivity contribution in [3.63, 3.8) is 0 Å². The van der Waals surface area contributed by atoms with Gasteiger partial charge in [-0.2, -0.15) is 0 Å². The summed E-state index contributed by atoms with van der Waals surface area (Å²) in [5.41, 5.74) is 2.39. The van der Waals surface area contributed by atoms with Gasteiger partial charge in [0.2, 0.25) is 0 Å². The number of nitrogens with zero attached hydrogens (tertiary/aromatic N) is 2. The van der Waals surface area contributed by atoms with Gasteiger partial charge in [-0.25, -0.2) is 18.7 Å². The maximum atomic E-state index is 13.5. The van der Waals surface area contributed by atoms with Gasteiger partial charge in [0.1, 0.15) is 6.61 Å². The Labute approximate surface area is 172 Å². The summed E-state index contributed by atoms with van der Waals surface area (Å²) in [5, 5.41) is 1.23. The van der Waals surface area contributed by atoms with Crippen molar-refractivity contribution in [2.75, 3.05) is 6.61 Å². The van der Waals surface area contributed by atoms with E-state index in [0.717, 1.165) is 16.7 Å². The molecule has 0 N–H and O–H groups in total. The molecule has 3 nitrogen and oxygen atoms in total. The van der Waals surface area contributed by atoms with Crippen LogP contribution >= 0.6 is 0 Å². The molecule has 0 aliphatic rings. The van der Waals surface area contributed by atoms with Gasteiger partial charge in [0, 0.05) is 16.7 Å². The highest BCUT2D eigenvalue weighted by Gasteiger charge is 2.04. The molecule has 1 aromatic heterocycles. The van der Waals surface area contributed by atoms with Crippen molar-refractivity contribution in [2.24, 2.45) is 0 Å². The molecular formula is C25H16F2N2O. The number of hydrogen-bond donors (Lipinski definition) is 0. The Hall–Kier alpha value is -4.04. The minimum Gasteiger partial charge on any atom is -0.486 e. The summed E-state index contributed by atoms with van der Waals surface area (Å²) in [4.78, 5) is 8.61. The molecule has 0 radical (unpaired) electrons. The Morgan fingerprint density at radius 1 is 0.833 bits per heavy atom. The highest BCUT2D eigenvalue weighted by Crippen LogP contribution is 2.20. The summed E-state index contributed by atoms with van der Waals surface area (Å²) in [5.74, 6) is 5.57. The molecule has 0 bridgehead atoms. The van der Waals surface area contributed by atoms with Gasteiger partial charge in [-0.15, -0.1) is 0 Å². The third-order valence-corrected chi connectivity index (χ3v) is 4.37. The van der Waals surface area contributed by atoms with Crippen LogP contribution in [0.4, 0.5) is 8.78 Å². The molecule has 30 heavy (non-hydrogen) atoms. The Morgan fingerprint density at radius 2 is 1.47 bits per heavy atom. The molecule has 4 rings (SSSR count). The standard InChI is InChI=1S/C25H16F2N2O/c1-2-11-30-22-15-28-25(29-16-22)19-8-5-17(6-9-19)3-4-18-7-10-20-13-23(26)24(27)14-21(20)12-18/h2,5-10,12-16H,1,11H2. The second kappa shape index (κ2) is 8.54. The minimum atomic E-state index is -0.870. The van der Waals surface area contributed by atoms with Crippen molar-refractivity contribution in [2.45, 2.75) is 0 Å². The highest BCUT2D eigenvalue weighted by molar-refractivity contribution is 5.84. The largest absolute Gasteiger partial charge is 0.486 e. The zero-order valence-electron chi connectivity index (χ0n) is 15.9. The third kappa shape index (κ3) is 4.34. The maximum absolute atomic E-state index is 13.5. The second-order valence-corrected chi connectivity index (χ2v) is 6.50. The summed E-state index contributed by atoms with van der Waals surface area (Å²) in [6.45, 7) is 4.00. The Bertz CT molecular complexity index is 1270. The van der Waals surface area contributed by atoms with E-state index in [0.29, 0.717) is 29.0 Å². The average Bonchev–Trinajstić information content (AvgIpc) is 2.78. The Balaban J connectivity index is 1.51. The van der Waals surface area contributed by atoms with E-state index in [1.807, 2.05) is 24.3 Å². The van der Waals surface area contributed by atoms with Gasteiger partial charge in [0.15, 0.2) is 23.2 Å². The van der Waals surface area contributed by atoms with Crippen LogP contribution in [0.5, 0.6) is 5.75 Å². The molecule has 0 saturated heterocycles. The molecule has 0 atom stereocenters. The summed E-state index contributed by atoms with van der Waals surface area (Å²) >= 11 is 0. The molecule has 0 aliphatic heterocycles. The lowest BCUT2D eigenvalue weighted by molar-refractivity contribution is 0.360. The molecule has 146 valence electrons. The molecule has 0 fully saturated rings. The van der Waals surface area contributed by atoms with Crippen LogP contribution in [0.2, 0.25) is 0 Å². The molecule has 3 aromatic carbocycles. The molecule has 1 heterocycles. The van der Waals surface area contributed by atoms with Crippen LogP contribution in [0.1, 0.15) is 11.1 Å². The van der Waals surface area contributed by atoms with E-state index in [1.54, 1.807) is 36.7 Å². The molecule has 0 saturated carbocycles. The van der Waals surface area contributed by atoms with E-state index in [-0.39, 0.29) is 0 Å². The van der Waals surface area contributed by atoms with Gasteiger partial charge in [-0.05, 0) is 59.3 Å². The first-order valence-corrected chi connectivity index (χ1v) is 9.19. The Morgan fingerprint density at radius 3 is 2.17 bits per heavy atom. The van der Waals surface area contributed by atoms with Crippen LogP contribution in [0.25, 0.3) is 22.2 Å². The van der Waals surface area contributed by atoms with Crippen LogP contribution in [-0.2, 0) is 0 Å². The molecular weight excluding hydrogens is 382 g/mol. The van der Waals surface area contributed by atoms with Crippen LogP contribution in [0, 0.1) is 23.5 Å². The molecule has 0 amide bonds. The molecule has 0 spiro atoms. The van der Waals surface area contributed by atoms with Gasteiger partial charge in [0.25, 0.3) is 0 Å². The zero-order valence-corrected chi connectivity index (χ0v) is 15.9. The first-order valence-electron chi connectivity index (χ1n) is 9.19. The number of benzene rings is 3. The van der Waals surface area contributed by atoms with Crippen LogP contribution in [-0.4, -0.2) is 16.6 Å². The third-order valence-electron chi connectivity index (χ3n) is 4.37. The molecule has 0 aliphatic carbocycles. The van der Waals surface area contributed by atoms with Crippen molar-refractivity contribution < 1.29 is 13.5 Å². The fourth-order valence-corrected chi connectivity index (χ4v) is 2.86. The van der Waals surface area contributed by atoms with E-state index >= 15 is 0 Å². The van der Waals surface area contributed by atoms with Crippen LogP contribution < -0.4 is 4.74 Å². The molecule has 0 unspecified atom stereocenters. The first-order chi connectivity index (χ1) is 14.6. The number of aromatic nitrogens is 2. The smallest absolute Gasteiger partial charge is 0.159 e. The van der Waals surface area contributed by atoms with Crippen molar-refractivity contribution >= 4 is 10.8 Å². The monoisotopic (exact) mass is 398 g/mol. The topological polar surface area (TPSA) is 35.0 Å². The number of ether oxygens (including phenoxy) is 1. The van der Waals surface area contributed by atoms with Crippen LogP contribution in [0.3, 0.4) is 0 Å². The van der Waals surface area contributed by atoms with Gasteiger partial charge in [-0.1, -0.05) is 30.6 Å². The van der Waals surface area contributed by atoms with Crippen molar-refractivity contribution in [1.82, 2.24) is 9.97 Å².